The zero-order chi connectivity index (χ0) is 53.9. The van der Waals surface area contributed by atoms with Crippen molar-refractivity contribution in [3.05, 3.63) is 153 Å². The summed E-state index contributed by atoms with van der Waals surface area (Å²) in [6, 6.07) is 24.0. The standard InChI is InChI=1S/C29H30N2O8.C27H28N2O7/c1-17-22(26(34)28(37-4)27(36-3)25(17)33)15-19-5-10-24(39-18(2)32)23(16-19)29(35)30-20-6-8-21(9-7-20)31-11-13-38-14-12-31;1-16-20(24(32)26(35-3)25(34-2)23(16)31)14-17-4-9-22(30)21(15-17)27(33)28-18-5-7-19(8-6-18)29-10-12-36-13-11-29/h5-10,16H,11-15H2,1-4H3,(H,30,35);4-9,15,30H,10-14H2,1-3H3,(H,28,33). The first-order valence-corrected chi connectivity index (χ1v) is 23.9. The van der Waals surface area contributed by atoms with Crippen LogP contribution < -0.4 is 25.2 Å². The second kappa shape index (κ2) is 24.4. The van der Waals surface area contributed by atoms with Crippen molar-refractivity contribution >= 4 is 63.7 Å². The molecule has 392 valence electrons. The third-order valence-corrected chi connectivity index (χ3v) is 12.8. The monoisotopic (exact) mass is 1030 g/mol. The fraction of sp³-hybridized carbons (Fsp3) is 0.304. The Labute approximate surface area is 433 Å². The summed E-state index contributed by atoms with van der Waals surface area (Å²) < 4.78 is 36.5. The van der Waals surface area contributed by atoms with E-state index in [1.54, 1.807) is 50.2 Å². The summed E-state index contributed by atoms with van der Waals surface area (Å²) in [4.78, 5) is 93.8. The lowest BCUT2D eigenvalue weighted by atomic mass is 9.88. The van der Waals surface area contributed by atoms with Crippen molar-refractivity contribution in [2.24, 2.45) is 0 Å². The Balaban J connectivity index is 0.000000219. The molecule has 0 atom stereocenters. The summed E-state index contributed by atoms with van der Waals surface area (Å²) >= 11 is 0. The molecule has 4 aromatic rings. The predicted molar refractivity (Wildman–Crippen MR) is 276 cm³/mol. The van der Waals surface area contributed by atoms with Gasteiger partial charge in [-0.25, -0.2) is 0 Å². The molecule has 0 unspecified atom stereocenters. The number of Topliss-reactive ketones (excluding diaryl/α,β-unsaturated/α-hetero) is 4. The van der Waals surface area contributed by atoms with E-state index in [1.165, 1.54) is 59.6 Å². The van der Waals surface area contributed by atoms with Crippen LogP contribution in [0, 0.1) is 0 Å². The number of phenolic OH excluding ortho intramolecular Hbond substituents is 1. The largest absolute Gasteiger partial charge is 0.507 e. The summed E-state index contributed by atoms with van der Waals surface area (Å²) in [6.45, 7) is 10.2. The normalized spacial score (nSPS) is 16.1. The van der Waals surface area contributed by atoms with Crippen molar-refractivity contribution in [3.8, 4) is 11.5 Å². The van der Waals surface area contributed by atoms with Crippen molar-refractivity contribution in [3.63, 3.8) is 0 Å². The summed E-state index contributed by atoms with van der Waals surface area (Å²) in [7, 11) is 5.20. The summed E-state index contributed by atoms with van der Waals surface area (Å²) in [5.41, 5.74) is 5.44. The minimum absolute atomic E-state index is 0.0507. The van der Waals surface area contributed by atoms with Crippen LogP contribution in [-0.2, 0) is 65.2 Å². The van der Waals surface area contributed by atoms with E-state index in [9.17, 15) is 38.7 Å². The highest BCUT2D eigenvalue weighted by molar-refractivity contribution is 6.24. The maximum atomic E-state index is 13.3. The molecule has 2 saturated heterocycles. The first kappa shape index (κ1) is 54.2. The Kier molecular flexibility index (Phi) is 17.7. The first-order valence-electron chi connectivity index (χ1n) is 23.9. The number of benzene rings is 4. The number of hydrogen-bond acceptors (Lipinski definition) is 17. The molecule has 0 saturated carbocycles. The molecule has 0 bridgehead atoms. The molecule has 2 fully saturated rings. The Hall–Kier alpha value is -8.55. The molecule has 2 aliphatic heterocycles. The number of carbonyl (C=O) groups is 7. The van der Waals surface area contributed by atoms with Crippen molar-refractivity contribution in [2.45, 2.75) is 33.6 Å². The fourth-order valence-electron chi connectivity index (χ4n) is 8.75. The molecular formula is C56H58N4O15. The number of amides is 2. The van der Waals surface area contributed by atoms with E-state index in [2.05, 4.69) is 20.4 Å². The van der Waals surface area contributed by atoms with Gasteiger partial charge in [-0.15, -0.1) is 0 Å². The summed E-state index contributed by atoms with van der Waals surface area (Å²) in [5, 5.41) is 16.0. The number of aromatic hydroxyl groups is 1. The van der Waals surface area contributed by atoms with Crippen LogP contribution in [0.25, 0.3) is 0 Å². The topological polar surface area (TPSA) is 235 Å². The highest BCUT2D eigenvalue weighted by Crippen LogP contribution is 2.32. The van der Waals surface area contributed by atoms with Gasteiger partial charge >= 0.3 is 5.97 Å². The van der Waals surface area contributed by atoms with Gasteiger partial charge in [-0.3, -0.25) is 33.6 Å². The maximum absolute atomic E-state index is 13.3. The van der Waals surface area contributed by atoms with E-state index in [-0.39, 0.29) is 80.8 Å². The van der Waals surface area contributed by atoms with E-state index in [0.29, 0.717) is 48.9 Å². The smallest absolute Gasteiger partial charge is 0.308 e. The Morgan fingerprint density at radius 1 is 0.533 bits per heavy atom. The van der Waals surface area contributed by atoms with Crippen LogP contribution in [-0.4, -0.2) is 127 Å². The number of esters is 1. The minimum Gasteiger partial charge on any atom is -0.507 e. The molecule has 75 heavy (non-hydrogen) atoms. The SMILES string of the molecule is COC1=C(OC)C(=O)C(Cc2ccc(O)c(C(=O)Nc3ccc(N4CCOCC4)cc3)c2)=C(C)C1=O.COC1=C(OC)C(=O)C(Cc2ccc(OC(C)=O)c(C(=O)Nc3ccc(N4CCOCC4)cc3)c2)=C(C)C1=O. The van der Waals surface area contributed by atoms with Crippen molar-refractivity contribution < 1.29 is 71.8 Å². The summed E-state index contributed by atoms with van der Waals surface area (Å²) in [5.74, 6) is -4.09. The van der Waals surface area contributed by atoms with Gasteiger partial charge in [-0.1, -0.05) is 12.1 Å². The number of methoxy groups -OCH3 is 4. The van der Waals surface area contributed by atoms with Gasteiger partial charge < -0.3 is 58.7 Å². The summed E-state index contributed by atoms with van der Waals surface area (Å²) in [6.07, 6.45) is 0.129. The number of nitrogens with one attached hydrogen (secondary N) is 2. The number of phenols is 1. The molecule has 2 amide bonds. The predicted octanol–water partition coefficient (Wildman–Crippen LogP) is 6.21. The van der Waals surface area contributed by atoms with E-state index in [1.807, 2.05) is 24.3 Å². The molecule has 2 aliphatic carbocycles. The first-order chi connectivity index (χ1) is 36.1. The number of rotatable bonds is 15. The van der Waals surface area contributed by atoms with Gasteiger partial charge in [0.25, 0.3) is 11.8 Å². The number of morpholine rings is 2. The van der Waals surface area contributed by atoms with E-state index in [4.69, 9.17) is 33.2 Å². The number of allylic oxidation sites excluding steroid dienone is 4. The van der Waals surface area contributed by atoms with Crippen molar-refractivity contribution in [1.82, 2.24) is 0 Å². The lowest BCUT2D eigenvalue weighted by molar-refractivity contribution is -0.132. The van der Waals surface area contributed by atoms with Gasteiger partial charge in [0.15, 0.2) is 0 Å². The van der Waals surface area contributed by atoms with E-state index >= 15 is 0 Å². The zero-order valence-electron chi connectivity index (χ0n) is 42.7. The van der Waals surface area contributed by atoms with Crippen LogP contribution in [0.15, 0.2) is 130 Å². The molecule has 4 aromatic carbocycles. The van der Waals surface area contributed by atoms with Crippen LogP contribution in [0.1, 0.15) is 52.6 Å². The average molecular weight is 1030 g/mol. The second-order valence-corrected chi connectivity index (χ2v) is 17.5. The molecule has 0 radical (unpaired) electrons. The number of ketones is 4. The lowest BCUT2D eigenvalue weighted by Gasteiger charge is -2.28. The average Bonchev–Trinajstić information content (AvgIpc) is 3.42. The van der Waals surface area contributed by atoms with Gasteiger partial charge in [-0.2, -0.15) is 0 Å². The van der Waals surface area contributed by atoms with Crippen molar-refractivity contribution in [2.75, 3.05) is 101 Å². The quantitative estimate of drug-likeness (QED) is 0.0682. The van der Waals surface area contributed by atoms with Crippen LogP contribution in [0.2, 0.25) is 0 Å². The van der Waals surface area contributed by atoms with Gasteiger partial charge in [0.1, 0.15) is 11.5 Å². The van der Waals surface area contributed by atoms with E-state index < -0.39 is 40.9 Å². The van der Waals surface area contributed by atoms with E-state index in [0.717, 1.165) is 37.6 Å². The lowest BCUT2D eigenvalue weighted by Crippen LogP contribution is -2.36. The third-order valence-electron chi connectivity index (χ3n) is 12.8. The number of ether oxygens (including phenoxy) is 7. The maximum Gasteiger partial charge on any atom is 0.308 e. The second-order valence-electron chi connectivity index (χ2n) is 17.5. The molecule has 4 aliphatic rings. The highest BCUT2D eigenvalue weighted by atomic mass is 16.5. The fourth-order valence-corrected chi connectivity index (χ4v) is 8.75. The molecule has 0 aromatic heterocycles. The Bertz CT molecular complexity index is 3030. The minimum atomic E-state index is -0.583. The number of hydrogen-bond donors (Lipinski definition) is 3. The molecule has 19 nitrogen and oxygen atoms in total. The number of carbonyl (C=O) groups excluding carboxylic acids is 7. The van der Waals surface area contributed by atoms with Crippen LogP contribution in [0.5, 0.6) is 11.5 Å². The van der Waals surface area contributed by atoms with Crippen LogP contribution >= 0.6 is 0 Å². The number of anilines is 4. The third kappa shape index (κ3) is 12.5. The van der Waals surface area contributed by atoms with Gasteiger partial charge in [-0.05, 0) is 97.8 Å². The zero-order valence-corrected chi connectivity index (χ0v) is 42.7. The molecule has 2 heterocycles. The van der Waals surface area contributed by atoms with Gasteiger partial charge in [0.05, 0.1) is 66.0 Å². The Morgan fingerprint density at radius 3 is 1.31 bits per heavy atom. The molecule has 3 N–H and O–H groups in total. The Morgan fingerprint density at radius 2 is 0.907 bits per heavy atom. The molecule has 19 heteroatoms. The molecular weight excluding hydrogens is 969 g/mol. The van der Waals surface area contributed by atoms with Crippen LogP contribution in [0.3, 0.4) is 0 Å². The van der Waals surface area contributed by atoms with Crippen LogP contribution in [0.4, 0.5) is 22.7 Å². The molecule has 8 rings (SSSR count). The highest BCUT2D eigenvalue weighted by Gasteiger charge is 2.36. The molecule has 0 spiro atoms. The van der Waals surface area contributed by atoms with Crippen molar-refractivity contribution in [1.29, 1.82) is 0 Å². The van der Waals surface area contributed by atoms with Gasteiger partial charge in [0, 0.05) is 91.0 Å². The number of nitrogens with zero attached hydrogens (tertiary/aromatic N) is 2. The van der Waals surface area contributed by atoms with Gasteiger partial charge in [0.2, 0.25) is 46.2 Å².